The number of para-hydroxylation sites is 2. The molecule has 19 heavy (non-hydrogen) atoms. The molecule has 0 aliphatic heterocycles. The summed E-state index contributed by atoms with van der Waals surface area (Å²) in [5.74, 6) is 0.111. The van der Waals surface area contributed by atoms with E-state index in [1.54, 1.807) is 4.90 Å². The van der Waals surface area contributed by atoms with Crippen molar-refractivity contribution in [1.82, 2.24) is 0 Å². The molecular weight excluding hydrogens is 240 g/mol. The third kappa shape index (κ3) is 4.91. The minimum atomic E-state index is 0.111. The van der Waals surface area contributed by atoms with Crippen molar-refractivity contribution in [2.45, 2.75) is 33.1 Å². The molecule has 0 heterocycles. The molecule has 0 unspecified atom stereocenters. The van der Waals surface area contributed by atoms with Gasteiger partial charge in [-0.05, 0) is 31.9 Å². The Morgan fingerprint density at radius 2 is 2.05 bits per heavy atom. The molecule has 0 fully saturated rings. The zero-order valence-electron chi connectivity index (χ0n) is 11.9. The van der Waals surface area contributed by atoms with Gasteiger partial charge in [-0.2, -0.15) is 0 Å². The second kappa shape index (κ2) is 8.53. The molecule has 0 aliphatic rings. The Morgan fingerprint density at radius 1 is 1.32 bits per heavy atom. The molecule has 1 rings (SSSR count). The lowest BCUT2D eigenvalue weighted by Crippen LogP contribution is -2.32. The number of carbonyl (C=O) groups is 1. The molecule has 2 N–H and O–H groups in total. The summed E-state index contributed by atoms with van der Waals surface area (Å²) in [7, 11) is 0. The maximum atomic E-state index is 12.3. The van der Waals surface area contributed by atoms with Crippen LogP contribution < -0.4 is 10.6 Å². The van der Waals surface area contributed by atoms with Crippen molar-refractivity contribution in [3.8, 4) is 0 Å². The van der Waals surface area contributed by atoms with E-state index in [2.05, 4.69) is 6.92 Å². The van der Waals surface area contributed by atoms with Gasteiger partial charge in [0.05, 0.1) is 11.4 Å². The Kier molecular flexibility index (Phi) is 6.97. The van der Waals surface area contributed by atoms with Crippen LogP contribution in [0.3, 0.4) is 0 Å². The van der Waals surface area contributed by atoms with Gasteiger partial charge in [0.25, 0.3) is 0 Å². The summed E-state index contributed by atoms with van der Waals surface area (Å²) >= 11 is 0. The normalized spacial score (nSPS) is 10.4. The van der Waals surface area contributed by atoms with Crippen LogP contribution in [-0.4, -0.2) is 25.7 Å². The Hall–Kier alpha value is -1.55. The second-order valence-electron chi connectivity index (χ2n) is 4.40. The average Bonchev–Trinajstić information content (AvgIpc) is 2.42. The van der Waals surface area contributed by atoms with E-state index in [0.717, 1.165) is 18.5 Å². The number of rotatable bonds is 8. The lowest BCUT2D eigenvalue weighted by atomic mass is 10.2. The van der Waals surface area contributed by atoms with Gasteiger partial charge in [-0.3, -0.25) is 4.79 Å². The zero-order valence-corrected chi connectivity index (χ0v) is 11.9. The summed E-state index contributed by atoms with van der Waals surface area (Å²) < 4.78 is 5.26. The number of amides is 1. The van der Waals surface area contributed by atoms with Gasteiger partial charge in [0.1, 0.15) is 0 Å². The second-order valence-corrected chi connectivity index (χ2v) is 4.40. The standard InChI is InChI=1S/C15H24N2O2/c1-3-11-17(14-9-6-5-8-13(14)16)15(18)10-7-12-19-4-2/h5-6,8-9H,3-4,7,10-12,16H2,1-2H3. The summed E-state index contributed by atoms with van der Waals surface area (Å²) in [6, 6.07) is 7.50. The molecule has 106 valence electrons. The van der Waals surface area contributed by atoms with Crippen molar-refractivity contribution in [2.24, 2.45) is 0 Å². The van der Waals surface area contributed by atoms with Crippen LogP contribution in [0, 0.1) is 0 Å². The number of benzene rings is 1. The number of nitrogen functional groups attached to an aromatic ring is 1. The van der Waals surface area contributed by atoms with Gasteiger partial charge >= 0.3 is 0 Å². The van der Waals surface area contributed by atoms with Crippen LogP contribution in [0.25, 0.3) is 0 Å². The number of carbonyl (C=O) groups excluding carboxylic acids is 1. The van der Waals surface area contributed by atoms with E-state index in [0.29, 0.717) is 31.9 Å². The first kappa shape index (κ1) is 15.5. The van der Waals surface area contributed by atoms with E-state index in [9.17, 15) is 4.79 Å². The number of anilines is 2. The monoisotopic (exact) mass is 264 g/mol. The van der Waals surface area contributed by atoms with Crippen molar-refractivity contribution in [1.29, 1.82) is 0 Å². The summed E-state index contributed by atoms with van der Waals surface area (Å²) in [4.78, 5) is 14.0. The number of ether oxygens (including phenoxy) is 1. The fraction of sp³-hybridized carbons (Fsp3) is 0.533. The van der Waals surface area contributed by atoms with E-state index in [1.807, 2.05) is 31.2 Å². The summed E-state index contributed by atoms with van der Waals surface area (Å²) in [6.45, 7) is 6.03. The minimum Gasteiger partial charge on any atom is -0.397 e. The molecule has 0 spiro atoms. The Balaban J connectivity index is 2.66. The van der Waals surface area contributed by atoms with Crippen LogP contribution in [0.1, 0.15) is 33.1 Å². The van der Waals surface area contributed by atoms with E-state index in [-0.39, 0.29) is 5.91 Å². The van der Waals surface area contributed by atoms with E-state index >= 15 is 0 Å². The van der Waals surface area contributed by atoms with Crippen molar-refractivity contribution >= 4 is 17.3 Å². The lowest BCUT2D eigenvalue weighted by Gasteiger charge is -2.23. The summed E-state index contributed by atoms with van der Waals surface area (Å²) in [5, 5.41) is 0. The van der Waals surface area contributed by atoms with Crippen molar-refractivity contribution < 1.29 is 9.53 Å². The quantitative estimate of drug-likeness (QED) is 0.580. The van der Waals surface area contributed by atoms with Gasteiger partial charge < -0.3 is 15.4 Å². The molecule has 1 aromatic rings. The molecule has 0 saturated heterocycles. The van der Waals surface area contributed by atoms with Crippen LogP contribution >= 0.6 is 0 Å². The SMILES string of the molecule is CCCN(C(=O)CCCOCC)c1ccccc1N. The van der Waals surface area contributed by atoms with Gasteiger partial charge in [0.2, 0.25) is 5.91 Å². The largest absolute Gasteiger partial charge is 0.397 e. The van der Waals surface area contributed by atoms with Gasteiger partial charge in [0.15, 0.2) is 0 Å². The minimum absolute atomic E-state index is 0.111. The fourth-order valence-corrected chi connectivity index (χ4v) is 1.94. The first-order chi connectivity index (χ1) is 9.20. The molecule has 1 amide bonds. The predicted octanol–water partition coefficient (Wildman–Crippen LogP) is 2.83. The molecular formula is C15H24N2O2. The Labute approximate surface area is 115 Å². The van der Waals surface area contributed by atoms with Crippen LogP contribution in [0.5, 0.6) is 0 Å². The first-order valence-electron chi connectivity index (χ1n) is 6.93. The Morgan fingerprint density at radius 3 is 2.68 bits per heavy atom. The molecule has 0 atom stereocenters. The smallest absolute Gasteiger partial charge is 0.227 e. The highest BCUT2D eigenvalue weighted by molar-refractivity contribution is 5.96. The van der Waals surface area contributed by atoms with Gasteiger partial charge in [-0.1, -0.05) is 19.1 Å². The molecule has 0 aromatic heterocycles. The van der Waals surface area contributed by atoms with E-state index < -0.39 is 0 Å². The summed E-state index contributed by atoms with van der Waals surface area (Å²) in [6.07, 6.45) is 2.15. The van der Waals surface area contributed by atoms with Gasteiger partial charge in [0, 0.05) is 26.2 Å². The zero-order chi connectivity index (χ0) is 14.1. The number of hydrogen-bond donors (Lipinski definition) is 1. The molecule has 4 nitrogen and oxygen atoms in total. The third-order valence-corrected chi connectivity index (χ3v) is 2.86. The van der Waals surface area contributed by atoms with Crippen LogP contribution in [0.4, 0.5) is 11.4 Å². The average molecular weight is 264 g/mol. The highest BCUT2D eigenvalue weighted by atomic mass is 16.5. The molecule has 0 aliphatic carbocycles. The van der Waals surface area contributed by atoms with Crippen LogP contribution in [0.2, 0.25) is 0 Å². The van der Waals surface area contributed by atoms with Gasteiger partial charge in [-0.15, -0.1) is 0 Å². The van der Waals surface area contributed by atoms with Crippen LogP contribution in [-0.2, 0) is 9.53 Å². The molecule has 0 saturated carbocycles. The predicted molar refractivity (Wildman–Crippen MR) is 79.2 cm³/mol. The maximum absolute atomic E-state index is 12.3. The highest BCUT2D eigenvalue weighted by Crippen LogP contribution is 2.23. The van der Waals surface area contributed by atoms with E-state index in [4.69, 9.17) is 10.5 Å². The fourth-order valence-electron chi connectivity index (χ4n) is 1.94. The van der Waals surface area contributed by atoms with Gasteiger partial charge in [-0.25, -0.2) is 0 Å². The topological polar surface area (TPSA) is 55.6 Å². The van der Waals surface area contributed by atoms with E-state index in [1.165, 1.54) is 0 Å². The molecule has 1 aromatic carbocycles. The Bertz CT molecular complexity index is 393. The molecule has 4 heteroatoms. The third-order valence-electron chi connectivity index (χ3n) is 2.86. The summed E-state index contributed by atoms with van der Waals surface area (Å²) in [5.41, 5.74) is 7.41. The first-order valence-corrected chi connectivity index (χ1v) is 6.93. The lowest BCUT2D eigenvalue weighted by molar-refractivity contribution is -0.119. The maximum Gasteiger partial charge on any atom is 0.227 e. The van der Waals surface area contributed by atoms with Crippen LogP contribution in [0.15, 0.2) is 24.3 Å². The molecule has 0 radical (unpaired) electrons. The van der Waals surface area contributed by atoms with Crippen molar-refractivity contribution in [3.63, 3.8) is 0 Å². The number of hydrogen-bond acceptors (Lipinski definition) is 3. The van der Waals surface area contributed by atoms with Crippen molar-refractivity contribution in [2.75, 3.05) is 30.4 Å². The number of nitrogens with zero attached hydrogens (tertiary/aromatic N) is 1. The highest BCUT2D eigenvalue weighted by Gasteiger charge is 2.16. The van der Waals surface area contributed by atoms with Crippen molar-refractivity contribution in [3.05, 3.63) is 24.3 Å². The molecule has 0 bridgehead atoms. The number of nitrogens with two attached hydrogens (primary N) is 1.